The number of H-pyrrole nitrogens is 1. The van der Waals surface area contributed by atoms with Gasteiger partial charge < -0.3 is 10.7 Å². The van der Waals surface area contributed by atoms with Crippen LogP contribution in [0.3, 0.4) is 0 Å². The predicted molar refractivity (Wildman–Crippen MR) is 78.8 cm³/mol. The van der Waals surface area contributed by atoms with Crippen molar-refractivity contribution >= 4 is 51.1 Å². The summed E-state index contributed by atoms with van der Waals surface area (Å²) in [6, 6.07) is 5.85. The monoisotopic (exact) mass is 275 g/mol. The van der Waals surface area contributed by atoms with Gasteiger partial charge in [-0.2, -0.15) is 0 Å². The topological polar surface area (TPSA) is 54.7 Å². The molecule has 0 amide bonds. The van der Waals surface area contributed by atoms with Gasteiger partial charge in [0.25, 0.3) is 0 Å². The number of nitrogens with two attached hydrogens (primary N) is 1. The summed E-state index contributed by atoms with van der Waals surface area (Å²) in [5, 5.41) is 4.33. The average Bonchev–Trinajstić information content (AvgIpc) is 2.94. The summed E-state index contributed by atoms with van der Waals surface area (Å²) in [5.74, 6) is 0. The molecule has 0 radical (unpaired) electrons. The van der Waals surface area contributed by atoms with Gasteiger partial charge in [0.1, 0.15) is 0 Å². The van der Waals surface area contributed by atoms with E-state index < -0.39 is 0 Å². The molecule has 18 heavy (non-hydrogen) atoms. The first-order valence-electron chi connectivity index (χ1n) is 5.39. The van der Waals surface area contributed by atoms with Gasteiger partial charge in [-0.3, -0.25) is 0 Å². The smallest absolute Gasteiger partial charge is 0.180 e. The van der Waals surface area contributed by atoms with Crippen LogP contribution in [-0.4, -0.2) is 9.97 Å². The number of hydrogen-bond donors (Lipinski definition) is 2. The second-order valence-corrected chi connectivity index (χ2v) is 5.15. The van der Waals surface area contributed by atoms with Gasteiger partial charge in [0.05, 0.1) is 16.2 Å². The maximum Gasteiger partial charge on any atom is 0.180 e. The molecule has 3 rings (SSSR count). The first kappa shape index (κ1) is 11.3. The van der Waals surface area contributed by atoms with Crippen LogP contribution in [0.1, 0.15) is 11.3 Å². The van der Waals surface area contributed by atoms with Gasteiger partial charge in [-0.1, -0.05) is 29.8 Å². The summed E-state index contributed by atoms with van der Waals surface area (Å²) in [4.78, 5) is 7.35. The Kier molecular flexibility index (Phi) is 2.81. The minimum absolute atomic E-state index is 0.580. The molecule has 3 aromatic rings. The third kappa shape index (κ3) is 2.00. The van der Waals surface area contributed by atoms with Crippen LogP contribution >= 0.6 is 22.9 Å². The number of aromatic nitrogens is 2. The second-order valence-electron chi connectivity index (χ2n) is 3.85. The second kappa shape index (κ2) is 4.48. The number of anilines is 1. The largest absolute Gasteiger partial charge is 0.375 e. The standard InChI is InChI=1S/C13H10ClN3S/c14-11-3-1-2-10-8(6-16-12(10)11)4-5-9-7-18-13(15)17-9/h1-7,16H,(H2,15,17)/b5-4+. The minimum Gasteiger partial charge on any atom is -0.375 e. The van der Waals surface area contributed by atoms with Crippen molar-refractivity contribution < 1.29 is 0 Å². The zero-order valence-electron chi connectivity index (χ0n) is 9.35. The molecule has 3 N–H and O–H groups in total. The van der Waals surface area contributed by atoms with Gasteiger partial charge in [0, 0.05) is 17.0 Å². The van der Waals surface area contributed by atoms with Crippen molar-refractivity contribution in [2.45, 2.75) is 0 Å². The Morgan fingerprint density at radius 1 is 1.33 bits per heavy atom. The van der Waals surface area contributed by atoms with Crippen LogP contribution in [-0.2, 0) is 0 Å². The molecule has 0 atom stereocenters. The molecule has 0 fully saturated rings. The molecule has 0 aliphatic rings. The number of para-hydroxylation sites is 1. The van der Waals surface area contributed by atoms with Gasteiger partial charge in [0.15, 0.2) is 5.13 Å². The molecule has 2 heterocycles. The van der Waals surface area contributed by atoms with Gasteiger partial charge in [-0.05, 0) is 17.7 Å². The zero-order valence-corrected chi connectivity index (χ0v) is 10.9. The van der Waals surface area contributed by atoms with Crippen LogP contribution in [0.2, 0.25) is 5.02 Å². The van der Waals surface area contributed by atoms with Crippen LogP contribution in [0.25, 0.3) is 23.1 Å². The summed E-state index contributed by atoms with van der Waals surface area (Å²) in [5.41, 5.74) is 8.49. The van der Waals surface area contributed by atoms with Crippen molar-refractivity contribution in [2.24, 2.45) is 0 Å². The van der Waals surface area contributed by atoms with Crippen LogP contribution in [0.4, 0.5) is 5.13 Å². The molecule has 2 aromatic heterocycles. The van der Waals surface area contributed by atoms with E-state index >= 15 is 0 Å². The molecule has 5 heteroatoms. The Morgan fingerprint density at radius 3 is 3.00 bits per heavy atom. The zero-order chi connectivity index (χ0) is 12.5. The molecule has 0 saturated carbocycles. The summed E-state index contributed by atoms with van der Waals surface area (Å²) in [7, 11) is 0. The van der Waals surface area contributed by atoms with Crippen molar-refractivity contribution in [1.29, 1.82) is 0 Å². The van der Waals surface area contributed by atoms with Crippen molar-refractivity contribution in [3.63, 3.8) is 0 Å². The van der Waals surface area contributed by atoms with Crippen LogP contribution in [0, 0.1) is 0 Å². The minimum atomic E-state index is 0.580. The van der Waals surface area contributed by atoms with E-state index in [-0.39, 0.29) is 0 Å². The van der Waals surface area contributed by atoms with Gasteiger partial charge >= 0.3 is 0 Å². The molecule has 0 bridgehead atoms. The van der Waals surface area contributed by atoms with E-state index in [0.717, 1.165) is 27.2 Å². The third-order valence-electron chi connectivity index (χ3n) is 2.67. The molecule has 3 nitrogen and oxygen atoms in total. The van der Waals surface area contributed by atoms with E-state index in [4.69, 9.17) is 17.3 Å². The Bertz CT molecular complexity index is 727. The van der Waals surface area contributed by atoms with E-state index in [2.05, 4.69) is 9.97 Å². The summed E-state index contributed by atoms with van der Waals surface area (Å²) >= 11 is 7.54. The van der Waals surface area contributed by atoms with Crippen LogP contribution in [0.15, 0.2) is 29.8 Å². The normalized spacial score (nSPS) is 11.6. The number of rotatable bonds is 2. The van der Waals surface area contributed by atoms with E-state index in [1.54, 1.807) is 0 Å². The number of nitrogen functional groups attached to an aromatic ring is 1. The highest BCUT2D eigenvalue weighted by molar-refractivity contribution is 7.13. The Hall–Kier alpha value is -1.78. The van der Waals surface area contributed by atoms with Crippen LogP contribution < -0.4 is 5.73 Å². The maximum atomic E-state index is 6.11. The summed E-state index contributed by atoms with van der Waals surface area (Å²) in [6.45, 7) is 0. The van der Waals surface area contributed by atoms with Crippen molar-refractivity contribution in [3.8, 4) is 0 Å². The molecule has 90 valence electrons. The van der Waals surface area contributed by atoms with Gasteiger partial charge in [-0.15, -0.1) is 11.3 Å². The average molecular weight is 276 g/mol. The number of halogens is 1. The predicted octanol–water partition coefficient (Wildman–Crippen LogP) is 4.03. The fourth-order valence-electron chi connectivity index (χ4n) is 1.83. The summed E-state index contributed by atoms with van der Waals surface area (Å²) in [6.07, 6.45) is 5.88. The van der Waals surface area contributed by atoms with Crippen LogP contribution in [0.5, 0.6) is 0 Å². The number of nitrogens with one attached hydrogen (secondary N) is 1. The number of thiazole rings is 1. The number of benzene rings is 1. The molecule has 0 spiro atoms. The maximum absolute atomic E-state index is 6.11. The third-order valence-corrected chi connectivity index (χ3v) is 3.68. The lowest BCUT2D eigenvalue weighted by atomic mass is 10.1. The number of aromatic amines is 1. The SMILES string of the molecule is Nc1nc(/C=C/c2c[nH]c3c(Cl)cccc23)cs1. The van der Waals surface area contributed by atoms with E-state index in [9.17, 15) is 0 Å². The lowest BCUT2D eigenvalue weighted by Gasteiger charge is -1.93. The first-order chi connectivity index (χ1) is 8.74. The molecular weight excluding hydrogens is 266 g/mol. The van der Waals surface area contributed by atoms with Crippen molar-refractivity contribution in [1.82, 2.24) is 9.97 Å². The highest BCUT2D eigenvalue weighted by atomic mass is 35.5. The fourth-order valence-corrected chi connectivity index (χ4v) is 2.59. The highest BCUT2D eigenvalue weighted by Crippen LogP contribution is 2.26. The van der Waals surface area contributed by atoms with Gasteiger partial charge in [0.2, 0.25) is 0 Å². The Balaban J connectivity index is 2.00. The lowest BCUT2D eigenvalue weighted by molar-refractivity contribution is 1.39. The van der Waals surface area contributed by atoms with Crippen molar-refractivity contribution in [2.75, 3.05) is 5.73 Å². The first-order valence-corrected chi connectivity index (χ1v) is 6.64. The molecule has 0 unspecified atom stereocenters. The number of fused-ring (bicyclic) bond motifs is 1. The van der Waals surface area contributed by atoms with E-state index in [1.807, 2.05) is 41.9 Å². The molecule has 0 aliphatic heterocycles. The quantitative estimate of drug-likeness (QED) is 0.742. The number of nitrogens with zero attached hydrogens (tertiary/aromatic N) is 1. The Labute approximate surface area is 113 Å². The number of hydrogen-bond acceptors (Lipinski definition) is 3. The van der Waals surface area contributed by atoms with E-state index in [1.165, 1.54) is 11.3 Å². The molecule has 1 aromatic carbocycles. The fraction of sp³-hybridized carbons (Fsp3) is 0. The van der Waals surface area contributed by atoms with E-state index in [0.29, 0.717) is 5.13 Å². The lowest BCUT2D eigenvalue weighted by Crippen LogP contribution is -1.80. The highest BCUT2D eigenvalue weighted by Gasteiger charge is 2.03. The molecule has 0 saturated heterocycles. The molecule has 0 aliphatic carbocycles. The van der Waals surface area contributed by atoms with Crippen molar-refractivity contribution in [3.05, 3.63) is 46.1 Å². The summed E-state index contributed by atoms with van der Waals surface area (Å²) < 4.78 is 0. The van der Waals surface area contributed by atoms with Gasteiger partial charge in [-0.25, -0.2) is 4.98 Å². The molecular formula is C13H10ClN3S. The Morgan fingerprint density at radius 2 is 2.22 bits per heavy atom.